The Hall–Kier alpha value is -2.66. The fourth-order valence-corrected chi connectivity index (χ4v) is 3.07. The van der Waals surface area contributed by atoms with E-state index in [0.717, 1.165) is 11.3 Å². The van der Waals surface area contributed by atoms with Gasteiger partial charge in [-0.05, 0) is 36.6 Å². The average molecular weight is 337 g/mol. The van der Waals surface area contributed by atoms with Gasteiger partial charge in [0.1, 0.15) is 0 Å². The van der Waals surface area contributed by atoms with Crippen molar-refractivity contribution in [1.29, 1.82) is 0 Å². The molecule has 0 unspecified atom stereocenters. The van der Waals surface area contributed by atoms with Crippen LogP contribution < -0.4 is 0 Å². The lowest BCUT2D eigenvalue weighted by Gasteiger charge is -2.17. The van der Waals surface area contributed by atoms with Gasteiger partial charge in [0.2, 0.25) is 5.91 Å². The lowest BCUT2D eigenvalue weighted by atomic mass is 10.3. The van der Waals surface area contributed by atoms with Crippen LogP contribution in [0.15, 0.2) is 66.3 Å². The lowest BCUT2D eigenvalue weighted by Crippen LogP contribution is -2.28. The summed E-state index contributed by atoms with van der Waals surface area (Å²) in [5.74, 6) is 0.0124. The fourth-order valence-electron chi connectivity index (χ4n) is 2.35. The highest BCUT2D eigenvalue weighted by Crippen LogP contribution is 2.13. The molecule has 0 atom stereocenters. The third-order valence-corrected chi connectivity index (χ3v) is 4.52. The fraction of sp³-hybridized carbons (Fsp3) is 0.158. The number of aromatic nitrogens is 2. The Balaban J connectivity index is 1.66. The summed E-state index contributed by atoms with van der Waals surface area (Å²) in [6.45, 7) is 3.33. The van der Waals surface area contributed by atoms with Crippen LogP contribution in [0.2, 0.25) is 0 Å². The van der Waals surface area contributed by atoms with Crippen molar-refractivity contribution in [3.63, 3.8) is 0 Å². The van der Waals surface area contributed by atoms with E-state index in [0.29, 0.717) is 13.1 Å². The molecule has 3 rings (SSSR count). The van der Waals surface area contributed by atoms with Gasteiger partial charge in [0.25, 0.3) is 0 Å². The molecule has 0 N–H and O–H groups in total. The second-order valence-electron chi connectivity index (χ2n) is 5.32. The minimum absolute atomic E-state index is 0.0124. The SMILES string of the molecule is CCN(Cc1cccs1)C(=O)/C=C/c1cnn(-c2ccccc2)c1. The average Bonchev–Trinajstić information content (AvgIpc) is 3.30. The first-order valence-electron chi connectivity index (χ1n) is 7.85. The Morgan fingerprint density at radius 2 is 2.08 bits per heavy atom. The summed E-state index contributed by atoms with van der Waals surface area (Å²) in [7, 11) is 0. The summed E-state index contributed by atoms with van der Waals surface area (Å²) in [5.41, 5.74) is 1.90. The van der Waals surface area contributed by atoms with Gasteiger partial charge >= 0.3 is 0 Å². The van der Waals surface area contributed by atoms with Crippen molar-refractivity contribution in [3.05, 3.63) is 76.8 Å². The Labute approximate surface area is 145 Å². The summed E-state index contributed by atoms with van der Waals surface area (Å²) in [6.07, 6.45) is 7.09. The van der Waals surface area contributed by atoms with Gasteiger partial charge in [-0.15, -0.1) is 11.3 Å². The van der Waals surface area contributed by atoms with Gasteiger partial charge in [0.15, 0.2) is 0 Å². The number of hydrogen-bond acceptors (Lipinski definition) is 3. The zero-order valence-corrected chi connectivity index (χ0v) is 14.3. The molecule has 0 spiro atoms. The molecule has 24 heavy (non-hydrogen) atoms. The van der Waals surface area contributed by atoms with E-state index in [1.807, 2.05) is 71.9 Å². The van der Waals surface area contributed by atoms with Crippen molar-refractivity contribution in [3.8, 4) is 5.69 Å². The van der Waals surface area contributed by atoms with E-state index in [1.165, 1.54) is 4.88 Å². The topological polar surface area (TPSA) is 38.1 Å². The first kappa shape index (κ1) is 16.2. The highest BCUT2D eigenvalue weighted by Gasteiger charge is 2.09. The maximum Gasteiger partial charge on any atom is 0.246 e. The maximum atomic E-state index is 12.4. The lowest BCUT2D eigenvalue weighted by molar-refractivity contribution is -0.126. The number of hydrogen-bond donors (Lipinski definition) is 0. The number of nitrogens with zero attached hydrogens (tertiary/aromatic N) is 3. The highest BCUT2D eigenvalue weighted by molar-refractivity contribution is 7.09. The minimum atomic E-state index is 0.0124. The highest BCUT2D eigenvalue weighted by atomic mass is 32.1. The molecule has 1 aromatic carbocycles. The Bertz CT molecular complexity index is 806. The van der Waals surface area contributed by atoms with E-state index >= 15 is 0 Å². The number of carbonyl (C=O) groups is 1. The normalized spacial score (nSPS) is 11.0. The van der Waals surface area contributed by atoms with E-state index in [-0.39, 0.29) is 5.91 Å². The van der Waals surface area contributed by atoms with Crippen LogP contribution in [0.4, 0.5) is 0 Å². The number of para-hydroxylation sites is 1. The molecule has 4 nitrogen and oxygen atoms in total. The van der Waals surface area contributed by atoms with Gasteiger partial charge in [0, 0.05) is 29.3 Å². The van der Waals surface area contributed by atoms with Gasteiger partial charge in [-0.1, -0.05) is 24.3 Å². The molecule has 122 valence electrons. The van der Waals surface area contributed by atoms with Crippen molar-refractivity contribution < 1.29 is 4.79 Å². The molecule has 0 radical (unpaired) electrons. The third kappa shape index (κ3) is 4.00. The van der Waals surface area contributed by atoms with Gasteiger partial charge in [-0.3, -0.25) is 4.79 Å². The number of benzene rings is 1. The number of rotatable bonds is 6. The van der Waals surface area contributed by atoms with Gasteiger partial charge in [-0.2, -0.15) is 5.10 Å². The van der Waals surface area contributed by atoms with Crippen LogP contribution in [0.3, 0.4) is 0 Å². The van der Waals surface area contributed by atoms with E-state index in [2.05, 4.69) is 5.10 Å². The van der Waals surface area contributed by atoms with Crippen molar-refractivity contribution in [2.75, 3.05) is 6.54 Å². The Kier molecular flexibility index (Phi) is 5.23. The number of amides is 1. The van der Waals surface area contributed by atoms with Crippen LogP contribution >= 0.6 is 11.3 Å². The minimum Gasteiger partial charge on any atom is -0.334 e. The maximum absolute atomic E-state index is 12.4. The zero-order valence-electron chi connectivity index (χ0n) is 13.5. The third-order valence-electron chi connectivity index (χ3n) is 3.66. The molecule has 0 saturated carbocycles. The molecule has 5 heteroatoms. The number of thiophene rings is 1. The van der Waals surface area contributed by atoms with Crippen LogP contribution in [0, 0.1) is 0 Å². The van der Waals surface area contributed by atoms with Crippen LogP contribution in [0.1, 0.15) is 17.4 Å². The van der Waals surface area contributed by atoms with Crippen LogP contribution in [0.5, 0.6) is 0 Å². The molecular formula is C19H19N3OS. The Morgan fingerprint density at radius 3 is 2.79 bits per heavy atom. The summed E-state index contributed by atoms with van der Waals surface area (Å²) in [4.78, 5) is 15.4. The summed E-state index contributed by atoms with van der Waals surface area (Å²) in [5, 5.41) is 6.36. The second-order valence-corrected chi connectivity index (χ2v) is 6.35. The van der Waals surface area contributed by atoms with Crippen molar-refractivity contribution in [1.82, 2.24) is 14.7 Å². The molecule has 0 aliphatic rings. The van der Waals surface area contributed by atoms with E-state index < -0.39 is 0 Å². The molecule has 0 saturated heterocycles. The summed E-state index contributed by atoms with van der Waals surface area (Å²) >= 11 is 1.67. The van der Waals surface area contributed by atoms with Gasteiger partial charge in [0.05, 0.1) is 18.4 Å². The van der Waals surface area contributed by atoms with Crippen molar-refractivity contribution in [2.24, 2.45) is 0 Å². The second kappa shape index (κ2) is 7.75. The molecular weight excluding hydrogens is 318 g/mol. The van der Waals surface area contributed by atoms with Crippen LogP contribution in [-0.2, 0) is 11.3 Å². The first-order valence-corrected chi connectivity index (χ1v) is 8.73. The molecule has 2 heterocycles. The van der Waals surface area contributed by atoms with Crippen molar-refractivity contribution >= 4 is 23.3 Å². The molecule has 2 aromatic heterocycles. The predicted molar refractivity (Wildman–Crippen MR) is 98.0 cm³/mol. The quantitative estimate of drug-likeness (QED) is 0.638. The monoisotopic (exact) mass is 337 g/mol. The molecule has 1 amide bonds. The van der Waals surface area contributed by atoms with E-state index in [1.54, 1.807) is 28.3 Å². The molecule has 0 aliphatic carbocycles. The van der Waals surface area contributed by atoms with Crippen molar-refractivity contribution in [2.45, 2.75) is 13.5 Å². The molecule has 0 bridgehead atoms. The summed E-state index contributed by atoms with van der Waals surface area (Å²) < 4.78 is 1.80. The van der Waals surface area contributed by atoms with Crippen LogP contribution in [-0.4, -0.2) is 27.1 Å². The number of carbonyl (C=O) groups excluding carboxylic acids is 1. The van der Waals surface area contributed by atoms with Crippen LogP contribution in [0.25, 0.3) is 11.8 Å². The smallest absolute Gasteiger partial charge is 0.246 e. The predicted octanol–water partition coefficient (Wildman–Crippen LogP) is 4.00. The largest absolute Gasteiger partial charge is 0.334 e. The van der Waals surface area contributed by atoms with Gasteiger partial charge in [-0.25, -0.2) is 4.68 Å². The zero-order chi connectivity index (χ0) is 16.8. The summed E-state index contributed by atoms with van der Waals surface area (Å²) in [6, 6.07) is 14.0. The number of likely N-dealkylation sites (N-methyl/N-ethyl adjacent to an activating group) is 1. The molecule has 0 aliphatic heterocycles. The van der Waals surface area contributed by atoms with E-state index in [4.69, 9.17) is 0 Å². The van der Waals surface area contributed by atoms with Gasteiger partial charge < -0.3 is 4.90 Å². The first-order chi connectivity index (χ1) is 11.8. The Morgan fingerprint density at radius 1 is 1.25 bits per heavy atom. The molecule has 0 fully saturated rings. The standard InChI is InChI=1S/C19H19N3OS/c1-2-21(15-18-9-6-12-24-18)19(23)11-10-16-13-20-22(14-16)17-7-4-3-5-8-17/h3-14H,2,15H2,1H3/b11-10+. The van der Waals surface area contributed by atoms with E-state index in [9.17, 15) is 4.79 Å². The molecule has 3 aromatic rings.